The van der Waals surface area contributed by atoms with E-state index in [2.05, 4.69) is 14.9 Å². The summed E-state index contributed by atoms with van der Waals surface area (Å²) in [5.74, 6) is 1.10. The Morgan fingerprint density at radius 3 is 2.17 bits per heavy atom. The minimum absolute atomic E-state index is 0.113. The molecule has 9 heteroatoms. The Morgan fingerprint density at radius 2 is 1.53 bits per heavy atom. The molecule has 6 rings (SSSR count). The van der Waals surface area contributed by atoms with Crippen molar-refractivity contribution in [3.8, 4) is 5.88 Å². The van der Waals surface area contributed by atoms with Gasteiger partial charge in [-0.15, -0.1) is 11.3 Å². The molecule has 0 aromatic carbocycles. The van der Waals surface area contributed by atoms with Crippen molar-refractivity contribution in [3.63, 3.8) is 0 Å². The topological polar surface area (TPSA) is 78.9 Å². The maximum Gasteiger partial charge on any atom is 0.236 e. The van der Waals surface area contributed by atoms with Gasteiger partial charge < -0.3 is 14.5 Å². The van der Waals surface area contributed by atoms with Crippen molar-refractivity contribution < 1.29 is 14.3 Å². The molecular formula is C27H37N5O3S. The van der Waals surface area contributed by atoms with Crippen LogP contribution in [0.5, 0.6) is 5.88 Å². The van der Waals surface area contributed by atoms with Crippen LogP contribution in [0.4, 0.5) is 0 Å². The molecule has 2 aromatic rings. The summed E-state index contributed by atoms with van der Waals surface area (Å²) in [4.78, 5) is 43.7. The van der Waals surface area contributed by atoms with Crippen molar-refractivity contribution in [1.82, 2.24) is 24.7 Å². The van der Waals surface area contributed by atoms with E-state index in [0.29, 0.717) is 13.1 Å². The second kappa shape index (κ2) is 10.6. The molecule has 0 atom stereocenters. The Hall–Kier alpha value is -2.26. The van der Waals surface area contributed by atoms with Gasteiger partial charge in [0.05, 0.1) is 18.5 Å². The van der Waals surface area contributed by atoms with Gasteiger partial charge in [-0.2, -0.15) is 0 Å². The highest BCUT2D eigenvalue weighted by Gasteiger charge is 2.33. The molecular weight excluding hydrogens is 474 g/mol. The van der Waals surface area contributed by atoms with E-state index in [1.165, 1.54) is 16.9 Å². The minimum atomic E-state index is 0.113. The lowest BCUT2D eigenvalue weighted by Crippen LogP contribution is -2.50. The van der Waals surface area contributed by atoms with Gasteiger partial charge in [0, 0.05) is 37.1 Å². The van der Waals surface area contributed by atoms with Crippen molar-refractivity contribution in [2.24, 2.45) is 0 Å². The zero-order valence-corrected chi connectivity index (χ0v) is 21.9. The molecule has 36 heavy (non-hydrogen) atoms. The van der Waals surface area contributed by atoms with Gasteiger partial charge in [-0.3, -0.25) is 14.5 Å². The number of likely N-dealkylation sites (tertiary alicyclic amines) is 2. The Labute approximate surface area is 217 Å². The molecule has 0 radical (unpaired) electrons. The van der Waals surface area contributed by atoms with E-state index in [1.807, 2.05) is 9.80 Å². The molecule has 2 amide bonds. The van der Waals surface area contributed by atoms with Crippen molar-refractivity contribution in [2.45, 2.75) is 82.8 Å². The predicted octanol–water partition coefficient (Wildman–Crippen LogP) is 3.42. The number of rotatable bonds is 7. The third-order valence-electron chi connectivity index (χ3n) is 8.50. The Balaban J connectivity index is 1.11. The lowest BCUT2D eigenvalue weighted by molar-refractivity contribution is -0.136. The van der Waals surface area contributed by atoms with Crippen LogP contribution in [0.3, 0.4) is 0 Å². The fraction of sp³-hybridized carbons (Fsp3) is 0.704. The summed E-state index contributed by atoms with van der Waals surface area (Å²) >= 11 is 1.79. The lowest BCUT2D eigenvalue weighted by Gasteiger charge is -2.37. The molecule has 0 N–H and O–H groups in total. The third kappa shape index (κ3) is 4.96. The van der Waals surface area contributed by atoms with Gasteiger partial charge in [-0.05, 0) is 76.2 Å². The fourth-order valence-corrected chi connectivity index (χ4v) is 7.69. The standard InChI is InChI=1S/C27H37N5O3S/c33-23(30-12-1-2-13-30)16-32(17-24(34)31-14-3-4-15-31)19-8-10-20(11-9-19)35-26-25-21-6-5-7-22(21)36-27(25)29-18-28-26/h18-20H,1-17H2. The average molecular weight is 512 g/mol. The molecule has 0 bridgehead atoms. The number of ether oxygens (including phenoxy) is 1. The van der Waals surface area contributed by atoms with Gasteiger partial charge in [0.1, 0.15) is 17.3 Å². The van der Waals surface area contributed by atoms with E-state index in [9.17, 15) is 9.59 Å². The smallest absolute Gasteiger partial charge is 0.236 e. The summed E-state index contributed by atoms with van der Waals surface area (Å²) in [6, 6.07) is 0.235. The predicted molar refractivity (Wildman–Crippen MR) is 139 cm³/mol. The first kappa shape index (κ1) is 24.1. The van der Waals surface area contributed by atoms with Crippen molar-refractivity contribution in [2.75, 3.05) is 39.3 Å². The minimum Gasteiger partial charge on any atom is -0.474 e. The number of hydrogen-bond acceptors (Lipinski definition) is 7. The van der Waals surface area contributed by atoms with Crippen LogP contribution >= 0.6 is 11.3 Å². The van der Waals surface area contributed by atoms with Gasteiger partial charge in [0.15, 0.2) is 0 Å². The third-order valence-corrected chi connectivity index (χ3v) is 9.70. The highest BCUT2D eigenvalue weighted by Crippen LogP contribution is 2.40. The van der Waals surface area contributed by atoms with Crippen LogP contribution in [0.2, 0.25) is 0 Å². The average Bonchev–Trinajstić information content (AvgIpc) is 3.69. The number of aryl methyl sites for hydroxylation is 2. The maximum absolute atomic E-state index is 13.0. The summed E-state index contributed by atoms with van der Waals surface area (Å²) in [6.07, 6.45) is 13.2. The molecule has 8 nitrogen and oxygen atoms in total. The van der Waals surface area contributed by atoms with Crippen molar-refractivity contribution in [1.29, 1.82) is 0 Å². The molecule has 1 saturated carbocycles. The number of thiophene rings is 1. The number of amides is 2. The Bertz CT molecular complexity index is 1070. The number of carbonyl (C=O) groups is 2. The summed E-state index contributed by atoms with van der Waals surface area (Å²) in [7, 11) is 0. The maximum atomic E-state index is 13.0. The quantitative estimate of drug-likeness (QED) is 0.567. The second-order valence-electron chi connectivity index (χ2n) is 10.8. The summed E-state index contributed by atoms with van der Waals surface area (Å²) < 4.78 is 6.49. The van der Waals surface area contributed by atoms with Gasteiger partial charge in [0.2, 0.25) is 17.7 Å². The summed E-state index contributed by atoms with van der Waals surface area (Å²) in [5, 5.41) is 1.13. The van der Waals surface area contributed by atoms with Crippen LogP contribution in [0.25, 0.3) is 10.2 Å². The highest BCUT2D eigenvalue weighted by atomic mass is 32.1. The molecule has 2 aromatic heterocycles. The molecule has 194 valence electrons. The zero-order valence-electron chi connectivity index (χ0n) is 21.1. The number of fused-ring (bicyclic) bond motifs is 3. The monoisotopic (exact) mass is 511 g/mol. The molecule has 4 aliphatic rings. The van der Waals surface area contributed by atoms with Crippen LogP contribution in [0.1, 0.15) is 68.2 Å². The number of aromatic nitrogens is 2. The first-order valence-corrected chi connectivity index (χ1v) is 14.7. The molecule has 0 unspecified atom stereocenters. The Morgan fingerprint density at radius 1 is 0.889 bits per heavy atom. The molecule has 3 fully saturated rings. The van der Waals surface area contributed by atoms with Crippen molar-refractivity contribution in [3.05, 3.63) is 16.8 Å². The van der Waals surface area contributed by atoms with Crippen molar-refractivity contribution >= 4 is 33.4 Å². The van der Waals surface area contributed by atoms with E-state index in [4.69, 9.17) is 4.74 Å². The van der Waals surface area contributed by atoms with Crippen LogP contribution in [0, 0.1) is 0 Å². The van der Waals surface area contributed by atoms with Gasteiger partial charge >= 0.3 is 0 Å². The van der Waals surface area contributed by atoms with Crippen LogP contribution < -0.4 is 4.74 Å². The van der Waals surface area contributed by atoms with Crippen LogP contribution in [0.15, 0.2) is 6.33 Å². The van der Waals surface area contributed by atoms with E-state index in [-0.39, 0.29) is 24.0 Å². The fourth-order valence-electron chi connectivity index (χ4n) is 6.47. The lowest BCUT2D eigenvalue weighted by atomic mass is 9.91. The summed E-state index contributed by atoms with van der Waals surface area (Å²) in [5.41, 5.74) is 1.39. The number of carbonyl (C=O) groups excluding carboxylic acids is 2. The first-order chi connectivity index (χ1) is 17.7. The number of hydrogen-bond donors (Lipinski definition) is 0. The molecule has 4 heterocycles. The molecule has 2 saturated heterocycles. The van der Waals surface area contributed by atoms with Gasteiger partial charge in [0.25, 0.3) is 0 Å². The van der Waals surface area contributed by atoms with E-state index in [1.54, 1.807) is 17.7 Å². The Kier molecular flexibility index (Phi) is 7.11. The van der Waals surface area contributed by atoms with E-state index < -0.39 is 0 Å². The van der Waals surface area contributed by atoms with Crippen LogP contribution in [-0.2, 0) is 22.4 Å². The largest absolute Gasteiger partial charge is 0.474 e. The molecule has 0 spiro atoms. The normalized spacial score (nSPS) is 24.1. The summed E-state index contributed by atoms with van der Waals surface area (Å²) in [6.45, 7) is 4.12. The highest BCUT2D eigenvalue weighted by molar-refractivity contribution is 7.18. The van der Waals surface area contributed by atoms with E-state index >= 15 is 0 Å². The zero-order chi connectivity index (χ0) is 24.5. The first-order valence-electron chi connectivity index (χ1n) is 13.9. The van der Waals surface area contributed by atoms with Crippen LogP contribution in [-0.4, -0.2) is 87.9 Å². The van der Waals surface area contributed by atoms with Gasteiger partial charge in [-0.25, -0.2) is 9.97 Å². The second-order valence-corrected chi connectivity index (χ2v) is 11.9. The van der Waals surface area contributed by atoms with Gasteiger partial charge in [-0.1, -0.05) is 0 Å². The SMILES string of the molecule is O=C(CN(CC(=O)N1CCCC1)C1CCC(Oc2ncnc3sc4c(c23)CCC4)CC1)N1CCCC1. The van der Waals surface area contributed by atoms with E-state index in [0.717, 1.165) is 106 Å². The molecule has 2 aliphatic carbocycles. The number of nitrogens with zero attached hydrogens (tertiary/aromatic N) is 5. The molecule has 2 aliphatic heterocycles.